The normalized spacial score (nSPS) is 12.2. The van der Waals surface area contributed by atoms with Crippen LogP contribution in [0.2, 0.25) is 0 Å². The Morgan fingerprint density at radius 1 is 1.50 bits per heavy atom. The largest absolute Gasteiger partial charge is 0.383 e. The van der Waals surface area contributed by atoms with Crippen molar-refractivity contribution in [3.63, 3.8) is 0 Å². The number of methoxy groups -OCH3 is 1. The molecular weight excluding hydrogens is 224 g/mol. The van der Waals surface area contributed by atoms with Gasteiger partial charge in [-0.3, -0.25) is 0 Å². The van der Waals surface area contributed by atoms with E-state index in [4.69, 9.17) is 21.7 Å². The zero-order valence-electron chi connectivity index (χ0n) is 10.8. The number of rotatable bonds is 8. The highest BCUT2D eigenvalue weighted by Gasteiger charge is 2.11. The Morgan fingerprint density at radius 2 is 2.19 bits per heavy atom. The van der Waals surface area contributed by atoms with Crippen LogP contribution in [0.25, 0.3) is 0 Å². The van der Waals surface area contributed by atoms with Gasteiger partial charge in [-0.1, -0.05) is 0 Å². The van der Waals surface area contributed by atoms with Gasteiger partial charge in [-0.25, -0.2) is 0 Å². The fraction of sp³-hybridized carbons (Fsp3) is 0.909. The van der Waals surface area contributed by atoms with Crippen LogP contribution in [0, 0.1) is 0 Å². The Hall–Kier alpha value is -0.390. The van der Waals surface area contributed by atoms with E-state index < -0.39 is 0 Å². The van der Waals surface area contributed by atoms with Crippen molar-refractivity contribution in [1.82, 2.24) is 10.2 Å². The predicted octanol–water partition coefficient (Wildman–Crippen LogP) is 1.25. The topological polar surface area (TPSA) is 33.7 Å². The second-order valence-electron chi connectivity index (χ2n) is 3.70. The second-order valence-corrected chi connectivity index (χ2v) is 4.08. The van der Waals surface area contributed by atoms with Crippen molar-refractivity contribution < 1.29 is 9.47 Å². The van der Waals surface area contributed by atoms with Crippen LogP contribution in [-0.4, -0.2) is 56.6 Å². The average molecular weight is 248 g/mol. The Balaban J connectivity index is 3.62. The van der Waals surface area contributed by atoms with Gasteiger partial charge in [0.05, 0.1) is 12.6 Å². The first-order valence-electron chi connectivity index (χ1n) is 5.70. The van der Waals surface area contributed by atoms with E-state index in [1.807, 2.05) is 18.9 Å². The fourth-order valence-corrected chi connectivity index (χ4v) is 1.47. The molecule has 4 nitrogen and oxygen atoms in total. The minimum absolute atomic E-state index is 0.289. The van der Waals surface area contributed by atoms with Crippen molar-refractivity contribution in [2.75, 3.05) is 40.5 Å². The molecule has 0 fully saturated rings. The number of hydrogen-bond acceptors (Lipinski definition) is 3. The number of likely N-dealkylation sites (N-methyl/N-ethyl adjacent to an activating group) is 1. The first kappa shape index (κ1) is 15.6. The molecule has 1 atom stereocenters. The van der Waals surface area contributed by atoms with Gasteiger partial charge < -0.3 is 19.7 Å². The Bertz CT molecular complexity index is 191. The first-order valence-corrected chi connectivity index (χ1v) is 6.11. The van der Waals surface area contributed by atoms with Crippen LogP contribution in [0.3, 0.4) is 0 Å². The van der Waals surface area contributed by atoms with Gasteiger partial charge in [-0.15, -0.1) is 0 Å². The SMILES string of the molecule is CCOCCCNC(=S)N(C)C(C)COC. The summed E-state index contributed by atoms with van der Waals surface area (Å²) in [6, 6.07) is 0.289. The molecule has 0 radical (unpaired) electrons. The maximum atomic E-state index is 5.26. The molecule has 0 spiro atoms. The Labute approximate surface area is 104 Å². The van der Waals surface area contributed by atoms with Crippen molar-refractivity contribution in [1.29, 1.82) is 0 Å². The van der Waals surface area contributed by atoms with E-state index in [9.17, 15) is 0 Å². The van der Waals surface area contributed by atoms with E-state index in [0.29, 0.717) is 6.61 Å². The lowest BCUT2D eigenvalue weighted by Gasteiger charge is -2.27. The van der Waals surface area contributed by atoms with Crippen LogP contribution in [0.15, 0.2) is 0 Å². The highest BCUT2D eigenvalue weighted by atomic mass is 32.1. The lowest BCUT2D eigenvalue weighted by molar-refractivity contribution is 0.142. The summed E-state index contributed by atoms with van der Waals surface area (Å²) in [5.74, 6) is 0. The molecule has 0 saturated carbocycles. The highest BCUT2D eigenvalue weighted by molar-refractivity contribution is 7.80. The second kappa shape index (κ2) is 9.81. The fourth-order valence-electron chi connectivity index (χ4n) is 1.19. The molecule has 0 aliphatic heterocycles. The molecule has 1 unspecified atom stereocenters. The summed E-state index contributed by atoms with van der Waals surface area (Å²) < 4.78 is 10.3. The van der Waals surface area contributed by atoms with Gasteiger partial charge in [-0.2, -0.15) is 0 Å². The molecule has 16 heavy (non-hydrogen) atoms. The lowest BCUT2D eigenvalue weighted by Crippen LogP contribution is -2.44. The molecule has 0 aliphatic rings. The van der Waals surface area contributed by atoms with Crippen molar-refractivity contribution in [2.24, 2.45) is 0 Å². The number of hydrogen-bond donors (Lipinski definition) is 1. The van der Waals surface area contributed by atoms with Crippen molar-refractivity contribution >= 4 is 17.3 Å². The maximum Gasteiger partial charge on any atom is 0.168 e. The van der Waals surface area contributed by atoms with Crippen LogP contribution in [0.5, 0.6) is 0 Å². The van der Waals surface area contributed by atoms with E-state index in [-0.39, 0.29) is 6.04 Å². The highest BCUT2D eigenvalue weighted by Crippen LogP contribution is 1.96. The van der Waals surface area contributed by atoms with Gasteiger partial charge in [0.2, 0.25) is 0 Å². The minimum Gasteiger partial charge on any atom is -0.383 e. The molecule has 1 N–H and O–H groups in total. The molecule has 96 valence electrons. The van der Waals surface area contributed by atoms with Crippen LogP contribution in [0.4, 0.5) is 0 Å². The number of nitrogens with one attached hydrogen (secondary N) is 1. The summed E-state index contributed by atoms with van der Waals surface area (Å²) in [6.45, 7) is 7.16. The van der Waals surface area contributed by atoms with E-state index in [2.05, 4.69) is 12.2 Å². The average Bonchev–Trinajstić information content (AvgIpc) is 2.27. The monoisotopic (exact) mass is 248 g/mol. The van der Waals surface area contributed by atoms with Crippen LogP contribution < -0.4 is 5.32 Å². The molecule has 0 aromatic rings. The van der Waals surface area contributed by atoms with Gasteiger partial charge in [0.15, 0.2) is 5.11 Å². The summed E-state index contributed by atoms with van der Waals surface area (Å²) in [6.07, 6.45) is 0.973. The van der Waals surface area contributed by atoms with E-state index in [0.717, 1.165) is 31.3 Å². The molecule has 0 aliphatic carbocycles. The molecule has 0 rings (SSSR count). The van der Waals surface area contributed by atoms with Gasteiger partial charge in [-0.05, 0) is 32.5 Å². The van der Waals surface area contributed by atoms with Crippen LogP contribution in [0.1, 0.15) is 20.3 Å². The smallest absolute Gasteiger partial charge is 0.168 e. The van der Waals surface area contributed by atoms with Crippen molar-refractivity contribution in [3.05, 3.63) is 0 Å². The van der Waals surface area contributed by atoms with E-state index in [1.54, 1.807) is 7.11 Å². The van der Waals surface area contributed by atoms with Crippen molar-refractivity contribution in [3.8, 4) is 0 Å². The molecule has 0 bridgehead atoms. The van der Waals surface area contributed by atoms with Crippen LogP contribution >= 0.6 is 12.2 Å². The van der Waals surface area contributed by atoms with Gasteiger partial charge in [0, 0.05) is 33.9 Å². The third-order valence-corrected chi connectivity index (χ3v) is 2.77. The summed E-state index contributed by atoms with van der Waals surface area (Å²) in [7, 11) is 3.67. The van der Waals surface area contributed by atoms with Crippen LogP contribution in [-0.2, 0) is 9.47 Å². The quantitative estimate of drug-likeness (QED) is 0.516. The molecule has 0 aromatic heterocycles. The minimum atomic E-state index is 0.289. The Morgan fingerprint density at radius 3 is 2.75 bits per heavy atom. The predicted molar refractivity (Wildman–Crippen MR) is 70.8 cm³/mol. The van der Waals surface area contributed by atoms with Gasteiger partial charge in [0.1, 0.15) is 0 Å². The zero-order chi connectivity index (χ0) is 12.4. The summed E-state index contributed by atoms with van der Waals surface area (Å²) in [5.41, 5.74) is 0. The van der Waals surface area contributed by atoms with E-state index in [1.165, 1.54) is 0 Å². The number of ether oxygens (including phenoxy) is 2. The van der Waals surface area contributed by atoms with Crippen molar-refractivity contribution in [2.45, 2.75) is 26.3 Å². The summed E-state index contributed by atoms with van der Waals surface area (Å²) >= 11 is 5.26. The third kappa shape index (κ3) is 6.98. The maximum absolute atomic E-state index is 5.26. The molecule has 5 heteroatoms. The van der Waals surface area contributed by atoms with Gasteiger partial charge >= 0.3 is 0 Å². The van der Waals surface area contributed by atoms with E-state index >= 15 is 0 Å². The molecule has 0 saturated heterocycles. The standard InChI is InChI=1S/C11H24N2O2S/c1-5-15-8-6-7-12-11(16)13(3)10(2)9-14-4/h10H,5-9H2,1-4H3,(H,12,16). The summed E-state index contributed by atoms with van der Waals surface area (Å²) in [4.78, 5) is 2.01. The van der Waals surface area contributed by atoms with Gasteiger partial charge in [0.25, 0.3) is 0 Å². The third-order valence-electron chi connectivity index (χ3n) is 2.34. The first-order chi connectivity index (χ1) is 7.63. The molecular formula is C11H24N2O2S. The summed E-state index contributed by atoms with van der Waals surface area (Å²) in [5, 5.41) is 3.97. The lowest BCUT2D eigenvalue weighted by atomic mass is 10.3. The molecule has 0 amide bonds. The zero-order valence-corrected chi connectivity index (χ0v) is 11.6. The number of nitrogens with zero attached hydrogens (tertiary/aromatic N) is 1. The number of thiocarbonyl (C=S) groups is 1. The molecule has 0 aromatic carbocycles. The Kier molecular flexibility index (Phi) is 9.57. The molecule has 0 heterocycles.